The lowest BCUT2D eigenvalue weighted by Gasteiger charge is -2.46. The number of benzene rings is 7. The number of hydrogen-bond donors (Lipinski definition) is 0. The second-order valence-corrected chi connectivity index (χ2v) is 17.5. The largest absolute Gasteiger partial charge is 0.311 e. The predicted octanol–water partition coefficient (Wildman–Crippen LogP) is 15.4. The Kier molecular flexibility index (Phi) is 7.65. The van der Waals surface area contributed by atoms with E-state index in [0.29, 0.717) is 0 Å². The fourth-order valence-corrected chi connectivity index (χ4v) is 11.8. The van der Waals surface area contributed by atoms with Gasteiger partial charge in [0.25, 0.3) is 0 Å². The fraction of sp³-hybridized carbons (Fsp3) is 0.236. The Balaban J connectivity index is 0.982. The molecule has 6 aliphatic rings. The van der Waals surface area contributed by atoms with Gasteiger partial charge < -0.3 is 9.47 Å². The molecule has 57 heavy (non-hydrogen) atoms. The van der Waals surface area contributed by atoms with Crippen molar-refractivity contribution >= 4 is 38.9 Å². The maximum Gasteiger partial charge on any atom is 0.0543 e. The molecule has 0 atom stereocenters. The number of anilines is 3. The van der Waals surface area contributed by atoms with E-state index in [0.717, 1.165) is 35.0 Å². The number of aromatic nitrogens is 1. The van der Waals surface area contributed by atoms with Crippen LogP contribution in [-0.4, -0.2) is 4.57 Å². The first-order valence-corrected chi connectivity index (χ1v) is 21.5. The molecule has 1 heterocycles. The highest BCUT2D eigenvalue weighted by atomic mass is 15.1. The van der Waals surface area contributed by atoms with Crippen molar-refractivity contribution in [1.29, 1.82) is 0 Å². The van der Waals surface area contributed by atoms with Crippen molar-refractivity contribution in [2.24, 2.45) is 0 Å². The van der Waals surface area contributed by atoms with Crippen LogP contribution in [0.3, 0.4) is 0 Å². The third-order valence-corrected chi connectivity index (χ3v) is 14.5. The highest BCUT2D eigenvalue weighted by Gasteiger charge is 2.41. The van der Waals surface area contributed by atoms with Crippen LogP contribution in [0.2, 0.25) is 0 Å². The van der Waals surface area contributed by atoms with Crippen LogP contribution in [0, 0.1) is 6.92 Å². The number of para-hydroxylation sites is 1. The first kappa shape index (κ1) is 33.3. The zero-order valence-corrected chi connectivity index (χ0v) is 32.8. The van der Waals surface area contributed by atoms with Gasteiger partial charge in [-0.3, -0.25) is 0 Å². The van der Waals surface area contributed by atoms with E-state index in [9.17, 15) is 0 Å². The lowest BCUT2D eigenvalue weighted by molar-refractivity contribution is 0.342. The summed E-state index contributed by atoms with van der Waals surface area (Å²) in [5, 5.41) is 2.58. The van der Waals surface area contributed by atoms with Crippen molar-refractivity contribution < 1.29 is 0 Å². The van der Waals surface area contributed by atoms with Crippen molar-refractivity contribution in [3.05, 3.63) is 179 Å². The van der Waals surface area contributed by atoms with Crippen molar-refractivity contribution in [2.45, 2.75) is 82.0 Å². The molecular formula is C55H48N2. The average molecular weight is 737 g/mol. The Morgan fingerprint density at radius 3 is 1.53 bits per heavy atom. The van der Waals surface area contributed by atoms with Gasteiger partial charge in [0.15, 0.2) is 0 Å². The lowest BCUT2D eigenvalue weighted by atomic mass is 9.59. The molecule has 2 fully saturated rings. The summed E-state index contributed by atoms with van der Waals surface area (Å²) in [7, 11) is 0. The zero-order valence-electron chi connectivity index (χ0n) is 32.8. The zero-order chi connectivity index (χ0) is 37.6. The second kappa shape index (κ2) is 13.1. The molecular weight excluding hydrogens is 689 g/mol. The first-order valence-electron chi connectivity index (χ1n) is 21.5. The summed E-state index contributed by atoms with van der Waals surface area (Å²) in [6.45, 7) is 2.19. The van der Waals surface area contributed by atoms with Crippen molar-refractivity contribution in [3.8, 4) is 27.9 Å². The normalized spacial score (nSPS) is 20.5. The van der Waals surface area contributed by atoms with Crippen LogP contribution in [-0.2, 0) is 0 Å². The van der Waals surface area contributed by atoms with Crippen LogP contribution in [0.15, 0.2) is 152 Å². The van der Waals surface area contributed by atoms with E-state index in [1.165, 1.54) is 107 Å². The van der Waals surface area contributed by atoms with Gasteiger partial charge in [-0.2, -0.15) is 0 Å². The van der Waals surface area contributed by atoms with Gasteiger partial charge in [-0.25, -0.2) is 0 Å². The minimum atomic E-state index is 0.724. The quantitative estimate of drug-likeness (QED) is 0.165. The fourth-order valence-electron chi connectivity index (χ4n) is 11.8. The smallest absolute Gasteiger partial charge is 0.0543 e. The molecule has 8 aromatic rings. The monoisotopic (exact) mass is 736 g/mol. The number of hydrogen-bond acceptors (Lipinski definition) is 1. The summed E-state index contributed by atoms with van der Waals surface area (Å²) in [4.78, 5) is 2.44. The van der Waals surface area contributed by atoms with E-state index in [4.69, 9.17) is 0 Å². The standard InChI is InChI=1S/C55H48N2/c1-35-11-32-48-47-9-5-6-10-51(47)57(52(48)33-35)46-30-28-45(29-31-46)56(43-24-20-37(21-25-43)36-7-3-2-4-8-36)44-26-22-42(23-27-44)55-53-40-16-12-38(13-17-40)49(53)34-50-39-14-18-41(19-15-39)54(50)55/h2-11,20-34,38-41H,12-19H2,1H3. The molecule has 0 amide bonds. The van der Waals surface area contributed by atoms with E-state index in [1.807, 2.05) is 0 Å². The molecule has 7 aromatic carbocycles. The third-order valence-electron chi connectivity index (χ3n) is 14.5. The molecule has 2 nitrogen and oxygen atoms in total. The molecule has 0 unspecified atom stereocenters. The molecule has 1 aromatic heterocycles. The van der Waals surface area contributed by atoms with Crippen LogP contribution in [0.5, 0.6) is 0 Å². The van der Waals surface area contributed by atoms with Crippen molar-refractivity contribution in [1.82, 2.24) is 4.57 Å². The number of rotatable bonds is 6. The molecule has 0 saturated heterocycles. The van der Waals surface area contributed by atoms with Gasteiger partial charge in [0.2, 0.25) is 0 Å². The van der Waals surface area contributed by atoms with Crippen LogP contribution >= 0.6 is 0 Å². The average Bonchev–Trinajstić information content (AvgIpc) is 3.61. The molecule has 0 N–H and O–H groups in total. The Morgan fingerprint density at radius 1 is 0.421 bits per heavy atom. The maximum absolute atomic E-state index is 2.74. The summed E-state index contributed by atoms with van der Waals surface area (Å²) < 4.78 is 2.43. The lowest BCUT2D eigenvalue weighted by Crippen LogP contribution is -2.28. The SMILES string of the molecule is Cc1ccc2c3ccccc3n(-c3ccc(N(c4ccc(-c5ccccc5)cc4)c4ccc(-c5c6c(cc7c5C5CCC7CC5)C5CCC6CC5)cc4)cc3)c2c1. The summed E-state index contributed by atoms with van der Waals surface area (Å²) in [5.41, 5.74) is 20.9. The summed E-state index contributed by atoms with van der Waals surface area (Å²) in [6.07, 6.45) is 11.0. The topological polar surface area (TPSA) is 8.17 Å². The number of fused-ring (bicyclic) bond motifs is 7. The molecule has 0 aliphatic heterocycles. The maximum atomic E-state index is 2.74. The van der Waals surface area contributed by atoms with E-state index in [-0.39, 0.29) is 0 Å². The minimum Gasteiger partial charge on any atom is -0.311 e. The van der Waals surface area contributed by atoms with Crippen molar-refractivity contribution in [3.63, 3.8) is 0 Å². The van der Waals surface area contributed by atoms with Crippen molar-refractivity contribution in [2.75, 3.05) is 4.90 Å². The van der Waals surface area contributed by atoms with Crippen LogP contribution in [0.4, 0.5) is 17.1 Å². The molecule has 6 aliphatic carbocycles. The number of aryl methyl sites for hydroxylation is 1. The molecule has 4 bridgehead atoms. The molecule has 2 heteroatoms. The van der Waals surface area contributed by atoms with Crippen LogP contribution < -0.4 is 4.90 Å². The summed E-state index contributed by atoms with van der Waals surface area (Å²) in [5.74, 6) is 2.97. The second-order valence-electron chi connectivity index (χ2n) is 17.5. The highest BCUT2D eigenvalue weighted by molar-refractivity contribution is 6.09. The van der Waals surface area contributed by atoms with Gasteiger partial charge in [0.1, 0.15) is 0 Å². The Morgan fingerprint density at radius 2 is 0.912 bits per heavy atom. The highest BCUT2D eigenvalue weighted by Crippen LogP contribution is 2.60. The van der Waals surface area contributed by atoms with E-state index < -0.39 is 0 Å². The molecule has 278 valence electrons. The molecule has 0 radical (unpaired) electrons. The van der Waals surface area contributed by atoms with Gasteiger partial charge in [0, 0.05) is 33.5 Å². The van der Waals surface area contributed by atoms with Gasteiger partial charge in [-0.1, -0.05) is 91.0 Å². The van der Waals surface area contributed by atoms with Gasteiger partial charge in [-0.05, 0) is 193 Å². The minimum absolute atomic E-state index is 0.724. The third kappa shape index (κ3) is 5.29. The summed E-state index contributed by atoms with van der Waals surface area (Å²) >= 11 is 0. The van der Waals surface area contributed by atoms with E-state index in [2.05, 4.69) is 168 Å². The Hall–Kier alpha value is -5.86. The number of nitrogens with zero attached hydrogens (tertiary/aromatic N) is 2. The van der Waals surface area contributed by atoms with Gasteiger partial charge in [-0.15, -0.1) is 0 Å². The molecule has 14 rings (SSSR count). The molecule has 2 saturated carbocycles. The van der Waals surface area contributed by atoms with E-state index in [1.54, 1.807) is 27.8 Å². The van der Waals surface area contributed by atoms with Gasteiger partial charge >= 0.3 is 0 Å². The molecule has 0 spiro atoms. The van der Waals surface area contributed by atoms with Crippen LogP contribution in [0.25, 0.3) is 49.7 Å². The Bertz CT molecular complexity index is 2750. The first-order chi connectivity index (χ1) is 28.2. The van der Waals surface area contributed by atoms with Gasteiger partial charge in [0.05, 0.1) is 11.0 Å². The summed E-state index contributed by atoms with van der Waals surface area (Å²) in [6, 6.07) is 57.1. The van der Waals surface area contributed by atoms with Crippen LogP contribution in [0.1, 0.15) is 103 Å². The predicted molar refractivity (Wildman–Crippen MR) is 239 cm³/mol. The van der Waals surface area contributed by atoms with E-state index >= 15 is 0 Å². The Labute approximate surface area is 336 Å².